The van der Waals surface area contributed by atoms with E-state index in [2.05, 4.69) is 17.2 Å². The highest BCUT2D eigenvalue weighted by Gasteiger charge is 2.19. The van der Waals surface area contributed by atoms with Crippen molar-refractivity contribution >= 4 is 11.8 Å². The van der Waals surface area contributed by atoms with Gasteiger partial charge in [-0.25, -0.2) is 0 Å². The summed E-state index contributed by atoms with van der Waals surface area (Å²) in [7, 11) is 0. The molecule has 80 valence electrons. The van der Waals surface area contributed by atoms with E-state index in [1.807, 2.05) is 11.8 Å². The minimum Gasteiger partial charge on any atom is -0.288 e. The Bertz CT molecular complexity index is 182. The summed E-state index contributed by atoms with van der Waals surface area (Å²) in [5.41, 5.74) is 0. The van der Waals surface area contributed by atoms with E-state index < -0.39 is 0 Å². The number of nitriles is 1. The lowest BCUT2D eigenvalue weighted by molar-refractivity contribution is 0.187. The maximum Gasteiger partial charge on any atom is 0.0978 e. The van der Waals surface area contributed by atoms with E-state index in [1.165, 1.54) is 31.4 Å². The molecule has 0 spiro atoms. The largest absolute Gasteiger partial charge is 0.288 e. The summed E-state index contributed by atoms with van der Waals surface area (Å²) in [6.45, 7) is 2.27. The number of thioether (sulfide) groups is 1. The molecule has 1 atom stereocenters. The van der Waals surface area contributed by atoms with Crippen molar-refractivity contribution in [2.45, 2.75) is 38.1 Å². The van der Waals surface area contributed by atoms with E-state index in [1.54, 1.807) is 0 Å². The predicted molar refractivity (Wildman–Crippen MR) is 62.4 cm³/mol. The van der Waals surface area contributed by atoms with Crippen LogP contribution in [0.1, 0.15) is 32.1 Å². The Morgan fingerprint density at radius 3 is 2.64 bits per heavy atom. The summed E-state index contributed by atoms with van der Waals surface area (Å²) in [4.78, 5) is 2.36. The van der Waals surface area contributed by atoms with Gasteiger partial charge in [-0.3, -0.25) is 4.90 Å². The van der Waals surface area contributed by atoms with Gasteiger partial charge in [-0.15, -0.1) is 0 Å². The van der Waals surface area contributed by atoms with Gasteiger partial charge in [-0.1, -0.05) is 6.42 Å². The molecular weight excluding hydrogens is 192 g/mol. The van der Waals surface area contributed by atoms with Crippen molar-refractivity contribution in [3.63, 3.8) is 0 Å². The van der Waals surface area contributed by atoms with Crippen molar-refractivity contribution in [3.05, 3.63) is 0 Å². The fourth-order valence-electron chi connectivity index (χ4n) is 1.98. The standard InChI is InChI=1S/C11H20N2S/c1-14-9-5-6-11(10-12)13-7-3-2-4-8-13/h11H,2-9H2,1H3. The molecule has 2 nitrogen and oxygen atoms in total. The lowest BCUT2D eigenvalue weighted by Gasteiger charge is -2.30. The molecule has 1 aliphatic heterocycles. The molecule has 3 heteroatoms. The van der Waals surface area contributed by atoms with E-state index in [4.69, 9.17) is 5.26 Å². The molecule has 0 radical (unpaired) electrons. The van der Waals surface area contributed by atoms with Crippen LogP contribution in [0.5, 0.6) is 0 Å². The van der Waals surface area contributed by atoms with Crippen LogP contribution in [-0.4, -0.2) is 36.0 Å². The highest BCUT2D eigenvalue weighted by atomic mass is 32.2. The Kier molecular flexibility index (Phi) is 6.05. The zero-order valence-electron chi connectivity index (χ0n) is 9.04. The van der Waals surface area contributed by atoms with Crippen LogP contribution in [0.3, 0.4) is 0 Å². The molecule has 1 fully saturated rings. The van der Waals surface area contributed by atoms with Crippen molar-refractivity contribution in [3.8, 4) is 6.07 Å². The molecular formula is C11H20N2S. The maximum absolute atomic E-state index is 9.08. The van der Waals surface area contributed by atoms with Crippen molar-refractivity contribution in [2.24, 2.45) is 0 Å². The Morgan fingerprint density at radius 2 is 2.07 bits per heavy atom. The van der Waals surface area contributed by atoms with Crippen molar-refractivity contribution in [2.75, 3.05) is 25.1 Å². The molecule has 14 heavy (non-hydrogen) atoms. The van der Waals surface area contributed by atoms with E-state index in [-0.39, 0.29) is 6.04 Å². The first-order valence-electron chi connectivity index (χ1n) is 5.51. The maximum atomic E-state index is 9.08. The second-order valence-corrected chi connectivity index (χ2v) is 4.86. The van der Waals surface area contributed by atoms with Crippen LogP contribution in [0.15, 0.2) is 0 Å². The van der Waals surface area contributed by atoms with Crippen molar-refractivity contribution in [1.82, 2.24) is 4.90 Å². The third-order valence-electron chi connectivity index (χ3n) is 2.81. The Balaban J connectivity index is 2.25. The molecule has 1 rings (SSSR count). The number of likely N-dealkylation sites (tertiary alicyclic amines) is 1. The van der Waals surface area contributed by atoms with Crippen LogP contribution in [0.2, 0.25) is 0 Å². The van der Waals surface area contributed by atoms with Crippen molar-refractivity contribution in [1.29, 1.82) is 5.26 Å². The van der Waals surface area contributed by atoms with E-state index in [0.29, 0.717) is 0 Å². The molecule has 0 aliphatic carbocycles. The molecule has 0 N–H and O–H groups in total. The van der Waals surface area contributed by atoms with Crippen LogP contribution in [0.4, 0.5) is 0 Å². The summed E-state index contributed by atoms with van der Waals surface area (Å²) in [5.74, 6) is 1.19. The van der Waals surface area contributed by atoms with Crippen LogP contribution in [-0.2, 0) is 0 Å². The van der Waals surface area contributed by atoms with Gasteiger partial charge in [0.1, 0.15) is 0 Å². The second kappa shape index (κ2) is 7.14. The fraction of sp³-hybridized carbons (Fsp3) is 0.909. The lowest BCUT2D eigenvalue weighted by atomic mass is 10.1. The number of hydrogen-bond donors (Lipinski definition) is 0. The predicted octanol–water partition coefficient (Wildman–Crippen LogP) is 2.51. The molecule has 0 aromatic carbocycles. The van der Waals surface area contributed by atoms with Crippen LogP contribution in [0.25, 0.3) is 0 Å². The first-order chi connectivity index (χ1) is 6.88. The summed E-state index contributed by atoms with van der Waals surface area (Å²) in [5, 5.41) is 9.08. The monoisotopic (exact) mass is 212 g/mol. The third kappa shape index (κ3) is 3.89. The van der Waals surface area contributed by atoms with E-state index in [9.17, 15) is 0 Å². The topological polar surface area (TPSA) is 27.0 Å². The quantitative estimate of drug-likeness (QED) is 0.655. The number of hydrogen-bond acceptors (Lipinski definition) is 3. The first-order valence-corrected chi connectivity index (χ1v) is 6.90. The number of rotatable bonds is 5. The van der Waals surface area contributed by atoms with E-state index in [0.717, 1.165) is 19.5 Å². The molecule has 0 aromatic rings. The van der Waals surface area contributed by atoms with Gasteiger partial charge in [0.15, 0.2) is 0 Å². The average Bonchev–Trinajstić information content (AvgIpc) is 2.26. The normalized spacial score (nSPS) is 20.3. The highest BCUT2D eigenvalue weighted by molar-refractivity contribution is 7.98. The van der Waals surface area contributed by atoms with E-state index >= 15 is 0 Å². The molecule has 0 aromatic heterocycles. The first kappa shape index (κ1) is 11.9. The highest BCUT2D eigenvalue weighted by Crippen LogP contribution is 2.15. The summed E-state index contributed by atoms with van der Waals surface area (Å²) in [6, 6.07) is 2.63. The van der Waals surface area contributed by atoms with Gasteiger partial charge in [-0.05, 0) is 50.8 Å². The Labute approximate surface area is 91.7 Å². The molecule has 0 saturated carbocycles. The van der Waals surface area contributed by atoms with Crippen LogP contribution < -0.4 is 0 Å². The lowest BCUT2D eigenvalue weighted by Crippen LogP contribution is -2.38. The minimum absolute atomic E-state index is 0.183. The average molecular weight is 212 g/mol. The Morgan fingerprint density at radius 1 is 1.36 bits per heavy atom. The molecule has 1 unspecified atom stereocenters. The Hall–Kier alpha value is -0.200. The van der Waals surface area contributed by atoms with Gasteiger partial charge in [-0.2, -0.15) is 17.0 Å². The molecule has 0 bridgehead atoms. The van der Waals surface area contributed by atoms with Gasteiger partial charge in [0, 0.05) is 0 Å². The second-order valence-electron chi connectivity index (χ2n) is 3.88. The third-order valence-corrected chi connectivity index (χ3v) is 3.50. The molecule has 1 saturated heterocycles. The summed E-state index contributed by atoms with van der Waals surface area (Å²) >= 11 is 1.87. The van der Waals surface area contributed by atoms with Gasteiger partial charge in [0.2, 0.25) is 0 Å². The molecule has 1 heterocycles. The fourth-order valence-corrected chi connectivity index (χ4v) is 2.44. The molecule has 1 aliphatic rings. The summed E-state index contributed by atoms with van der Waals surface area (Å²) < 4.78 is 0. The van der Waals surface area contributed by atoms with Crippen LogP contribution in [0, 0.1) is 11.3 Å². The summed E-state index contributed by atoms with van der Waals surface area (Å²) in [6.07, 6.45) is 8.26. The minimum atomic E-state index is 0.183. The van der Waals surface area contributed by atoms with Crippen molar-refractivity contribution < 1.29 is 0 Å². The zero-order chi connectivity index (χ0) is 10.2. The smallest absolute Gasteiger partial charge is 0.0978 e. The SMILES string of the molecule is CSCCCC(C#N)N1CCCCC1. The van der Waals surface area contributed by atoms with Gasteiger partial charge in [0.25, 0.3) is 0 Å². The molecule has 0 amide bonds. The van der Waals surface area contributed by atoms with Gasteiger partial charge < -0.3 is 0 Å². The number of nitrogens with zero attached hydrogens (tertiary/aromatic N) is 2. The van der Waals surface area contributed by atoms with Gasteiger partial charge in [0.05, 0.1) is 12.1 Å². The number of piperidine rings is 1. The van der Waals surface area contributed by atoms with Crippen LogP contribution >= 0.6 is 11.8 Å². The van der Waals surface area contributed by atoms with Gasteiger partial charge >= 0.3 is 0 Å². The zero-order valence-corrected chi connectivity index (χ0v) is 9.85.